The number of esters is 1. The number of ether oxygens (including phenoxy) is 1. The monoisotopic (exact) mass is 350 g/mol. The molecule has 0 saturated heterocycles. The minimum atomic E-state index is -0.349. The molecule has 24 heavy (non-hydrogen) atoms. The van der Waals surface area contributed by atoms with E-state index in [1.165, 1.54) is 23.5 Å². The highest BCUT2D eigenvalue weighted by atomic mass is 32.1. The van der Waals surface area contributed by atoms with Crippen molar-refractivity contribution in [2.75, 3.05) is 6.54 Å². The molecule has 0 radical (unpaired) electrons. The molecule has 0 spiro atoms. The molecule has 0 aliphatic heterocycles. The zero-order chi connectivity index (χ0) is 17.7. The van der Waals surface area contributed by atoms with E-state index in [4.69, 9.17) is 4.74 Å². The Bertz CT molecular complexity index is 726. The molecule has 0 saturated carbocycles. The smallest absolute Gasteiger partial charge is 0.307 e. The van der Waals surface area contributed by atoms with E-state index in [1.807, 2.05) is 0 Å². The molecule has 1 heterocycles. The summed E-state index contributed by atoms with van der Waals surface area (Å²) in [5, 5.41) is 3.34. The number of aromatic nitrogens is 1. The molecule has 1 aromatic carbocycles. The van der Waals surface area contributed by atoms with Gasteiger partial charge >= 0.3 is 5.97 Å². The van der Waals surface area contributed by atoms with Gasteiger partial charge in [0, 0.05) is 12.1 Å². The minimum absolute atomic E-state index is 0.118. The molecule has 0 aliphatic carbocycles. The Labute approximate surface area is 143 Å². The normalized spacial score (nSPS) is 10.7. The zero-order valence-electron chi connectivity index (χ0n) is 13.8. The van der Waals surface area contributed by atoms with E-state index >= 15 is 0 Å². The summed E-state index contributed by atoms with van der Waals surface area (Å²) >= 11 is 1.23. The Kier molecular flexibility index (Phi) is 6.03. The lowest BCUT2D eigenvalue weighted by molar-refractivity contribution is -0.147. The van der Waals surface area contributed by atoms with Crippen molar-refractivity contribution in [3.8, 4) is 10.6 Å². The van der Waals surface area contributed by atoms with Crippen molar-refractivity contribution < 1.29 is 18.7 Å². The molecule has 5 nitrogen and oxygen atoms in total. The fourth-order valence-corrected chi connectivity index (χ4v) is 2.99. The number of carbonyl (C=O) groups is 2. The third kappa shape index (κ3) is 4.86. The van der Waals surface area contributed by atoms with Gasteiger partial charge in [0.05, 0.1) is 18.2 Å². The van der Waals surface area contributed by atoms with Gasteiger partial charge in [0.2, 0.25) is 0 Å². The Morgan fingerprint density at radius 1 is 1.29 bits per heavy atom. The van der Waals surface area contributed by atoms with Crippen molar-refractivity contribution in [1.29, 1.82) is 0 Å². The highest BCUT2D eigenvalue weighted by Crippen LogP contribution is 2.27. The van der Waals surface area contributed by atoms with Gasteiger partial charge in [0.15, 0.2) is 0 Å². The fraction of sp³-hybridized carbons (Fsp3) is 0.353. The van der Waals surface area contributed by atoms with Crippen molar-refractivity contribution in [3.05, 3.63) is 40.7 Å². The molecule has 0 aliphatic rings. The molecule has 7 heteroatoms. The van der Waals surface area contributed by atoms with Crippen LogP contribution in [0.25, 0.3) is 10.6 Å². The highest BCUT2D eigenvalue weighted by Gasteiger charge is 2.16. The molecule has 0 fully saturated rings. The van der Waals surface area contributed by atoms with Gasteiger partial charge in [0.1, 0.15) is 15.7 Å². The first-order valence-electron chi connectivity index (χ1n) is 7.58. The van der Waals surface area contributed by atoms with Gasteiger partial charge in [-0.1, -0.05) is 0 Å². The lowest BCUT2D eigenvalue weighted by Gasteiger charge is -2.08. The second-order valence-corrected chi connectivity index (χ2v) is 6.48. The van der Waals surface area contributed by atoms with Crippen LogP contribution in [0.3, 0.4) is 0 Å². The van der Waals surface area contributed by atoms with Crippen LogP contribution < -0.4 is 5.32 Å². The van der Waals surface area contributed by atoms with E-state index < -0.39 is 0 Å². The van der Waals surface area contributed by atoms with Crippen LogP contribution in [-0.2, 0) is 9.53 Å². The van der Waals surface area contributed by atoms with Gasteiger partial charge in [-0.15, -0.1) is 11.3 Å². The summed E-state index contributed by atoms with van der Waals surface area (Å²) in [6.45, 7) is 5.49. The minimum Gasteiger partial charge on any atom is -0.463 e. The number of hydrogen-bond acceptors (Lipinski definition) is 5. The Morgan fingerprint density at radius 3 is 2.58 bits per heavy atom. The number of carbonyl (C=O) groups excluding carboxylic acids is 2. The van der Waals surface area contributed by atoms with Crippen molar-refractivity contribution in [2.45, 2.75) is 33.3 Å². The largest absolute Gasteiger partial charge is 0.463 e. The standard InChI is InChI=1S/C17H19FN2O3S/c1-10(2)23-14(21)8-9-19-16(22)15-11(3)20-17(24-15)12-4-6-13(18)7-5-12/h4-7,10H,8-9H2,1-3H3,(H,19,22). The summed E-state index contributed by atoms with van der Waals surface area (Å²) in [6.07, 6.45) is -0.0535. The van der Waals surface area contributed by atoms with Crippen LogP contribution in [0, 0.1) is 12.7 Å². The van der Waals surface area contributed by atoms with Gasteiger partial charge in [-0.3, -0.25) is 9.59 Å². The first kappa shape index (κ1) is 18.1. The summed E-state index contributed by atoms with van der Waals surface area (Å²) in [5.41, 5.74) is 1.35. The van der Waals surface area contributed by atoms with Crippen molar-refractivity contribution in [2.24, 2.45) is 0 Å². The molecule has 2 aromatic rings. The number of halogens is 1. The number of aryl methyl sites for hydroxylation is 1. The molecule has 2 rings (SSSR count). The summed E-state index contributed by atoms with van der Waals surface area (Å²) in [7, 11) is 0. The number of amides is 1. The van der Waals surface area contributed by atoms with Gasteiger partial charge in [-0.25, -0.2) is 9.37 Å². The molecule has 0 atom stereocenters. The van der Waals surface area contributed by atoms with Crippen LogP contribution in [-0.4, -0.2) is 29.5 Å². The van der Waals surface area contributed by atoms with Gasteiger partial charge < -0.3 is 10.1 Å². The van der Waals surface area contributed by atoms with E-state index in [0.717, 1.165) is 5.56 Å². The van der Waals surface area contributed by atoms with Gasteiger partial charge in [-0.05, 0) is 45.0 Å². The predicted molar refractivity (Wildman–Crippen MR) is 90.4 cm³/mol. The zero-order valence-corrected chi connectivity index (χ0v) is 14.6. The summed E-state index contributed by atoms with van der Waals surface area (Å²) < 4.78 is 18.0. The van der Waals surface area contributed by atoms with Crippen LogP contribution in [0.5, 0.6) is 0 Å². The van der Waals surface area contributed by atoms with Crippen LogP contribution in [0.4, 0.5) is 4.39 Å². The maximum absolute atomic E-state index is 13.0. The van der Waals surface area contributed by atoms with Gasteiger partial charge in [-0.2, -0.15) is 0 Å². The van der Waals surface area contributed by atoms with Crippen LogP contribution in [0.2, 0.25) is 0 Å². The van der Waals surface area contributed by atoms with Crippen molar-refractivity contribution >= 4 is 23.2 Å². The average Bonchev–Trinajstić information content (AvgIpc) is 2.89. The third-order valence-corrected chi connectivity index (χ3v) is 4.28. The van der Waals surface area contributed by atoms with E-state index in [1.54, 1.807) is 32.9 Å². The number of rotatable bonds is 6. The second kappa shape index (κ2) is 8.01. The molecule has 0 unspecified atom stereocenters. The Morgan fingerprint density at radius 2 is 1.96 bits per heavy atom. The molecule has 128 valence electrons. The summed E-state index contributed by atoms with van der Waals surface area (Å²) in [4.78, 5) is 28.5. The lowest BCUT2D eigenvalue weighted by Crippen LogP contribution is -2.27. The van der Waals surface area contributed by atoms with E-state index in [0.29, 0.717) is 15.6 Å². The maximum Gasteiger partial charge on any atom is 0.307 e. The first-order valence-corrected chi connectivity index (χ1v) is 8.39. The number of nitrogens with zero attached hydrogens (tertiary/aromatic N) is 1. The van der Waals surface area contributed by atoms with Crippen molar-refractivity contribution in [1.82, 2.24) is 10.3 Å². The average molecular weight is 350 g/mol. The molecule has 1 amide bonds. The third-order valence-electron chi connectivity index (χ3n) is 3.08. The molecule has 1 N–H and O–H groups in total. The number of hydrogen-bond donors (Lipinski definition) is 1. The summed E-state index contributed by atoms with van der Waals surface area (Å²) in [6, 6.07) is 5.95. The van der Waals surface area contributed by atoms with E-state index in [9.17, 15) is 14.0 Å². The highest BCUT2D eigenvalue weighted by molar-refractivity contribution is 7.17. The van der Waals surface area contributed by atoms with Crippen LogP contribution >= 0.6 is 11.3 Å². The topological polar surface area (TPSA) is 68.3 Å². The molecule has 1 aromatic heterocycles. The van der Waals surface area contributed by atoms with Crippen LogP contribution in [0.15, 0.2) is 24.3 Å². The van der Waals surface area contributed by atoms with E-state index in [2.05, 4.69) is 10.3 Å². The quantitative estimate of drug-likeness (QED) is 0.812. The molecular formula is C17H19FN2O3S. The molecular weight excluding hydrogens is 331 g/mol. The van der Waals surface area contributed by atoms with Crippen LogP contribution in [0.1, 0.15) is 35.6 Å². The summed E-state index contributed by atoms with van der Waals surface area (Å²) in [5.74, 6) is -0.952. The van der Waals surface area contributed by atoms with Gasteiger partial charge in [0.25, 0.3) is 5.91 Å². The lowest BCUT2D eigenvalue weighted by atomic mass is 10.2. The molecule has 0 bridgehead atoms. The number of benzene rings is 1. The fourth-order valence-electron chi connectivity index (χ4n) is 2.00. The number of nitrogens with one attached hydrogen (secondary N) is 1. The number of thiazole rings is 1. The second-order valence-electron chi connectivity index (χ2n) is 5.48. The maximum atomic E-state index is 13.0. The Hall–Kier alpha value is -2.28. The first-order chi connectivity index (χ1) is 11.4. The predicted octanol–water partition coefficient (Wildman–Crippen LogP) is 3.33. The van der Waals surface area contributed by atoms with Crippen molar-refractivity contribution in [3.63, 3.8) is 0 Å². The Balaban J connectivity index is 1.98. The van der Waals surface area contributed by atoms with E-state index in [-0.39, 0.29) is 36.8 Å². The SMILES string of the molecule is Cc1nc(-c2ccc(F)cc2)sc1C(=O)NCCC(=O)OC(C)C.